The van der Waals surface area contributed by atoms with Crippen LogP contribution in [0.25, 0.3) is 0 Å². The van der Waals surface area contributed by atoms with Crippen molar-refractivity contribution in [1.29, 1.82) is 0 Å². The molecule has 0 spiro atoms. The first-order chi connectivity index (χ1) is 6.74. The second kappa shape index (κ2) is 6.24. The summed E-state index contributed by atoms with van der Waals surface area (Å²) in [5.74, 6) is 0.595. The highest BCUT2D eigenvalue weighted by Crippen LogP contribution is 2.24. The van der Waals surface area contributed by atoms with Gasteiger partial charge in [-0.1, -0.05) is 11.6 Å². The van der Waals surface area contributed by atoms with E-state index in [1.165, 1.54) is 11.8 Å². The molecular weight excluding hydrogens is 220 g/mol. The van der Waals surface area contributed by atoms with Gasteiger partial charge in [0.15, 0.2) is 0 Å². The molecule has 0 fully saturated rings. The van der Waals surface area contributed by atoms with Crippen molar-refractivity contribution in [3.63, 3.8) is 0 Å². The van der Waals surface area contributed by atoms with Gasteiger partial charge in [0.2, 0.25) is 0 Å². The number of likely N-dealkylation sites (N-methyl/N-ethyl adjacent to an activating group) is 1. The lowest BCUT2D eigenvalue weighted by atomic mass is 10.4. The third-order valence-electron chi connectivity index (χ3n) is 1.58. The van der Waals surface area contributed by atoms with E-state index in [1.54, 1.807) is 18.3 Å². The Morgan fingerprint density at radius 2 is 2.50 bits per heavy atom. The highest BCUT2D eigenvalue weighted by atomic mass is 35.5. The van der Waals surface area contributed by atoms with Crippen LogP contribution in [0.1, 0.15) is 0 Å². The molecule has 0 saturated carbocycles. The fraction of sp³-hybridized carbons (Fsp3) is 0.444. The number of aliphatic hydroxyl groups excluding tert-OH is 1. The van der Waals surface area contributed by atoms with Gasteiger partial charge in [0.25, 0.3) is 0 Å². The van der Waals surface area contributed by atoms with E-state index in [1.807, 2.05) is 7.05 Å². The molecule has 2 N–H and O–H groups in total. The van der Waals surface area contributed by atoms with Crippen LogP contribution in [0.2, 0.25) is 5.02 Å². The Balaban J connectivity index is 2.41. The van der Waals surface area contributed by atoms with Crippen molar-refractivity contribution in [2.75, 3.05) is 19.3 Å². The summed E-state index contributed by atoms with van der Waals surface area (Å²) in [6, 6.07) is 3.58. The lowest BCUT2D eigenvalue weighted by Gasteiger charge is -2.08. The molecule has 3 nitrogen and oxygen atoms in total. The predicted octanol–water partition coefficient (Wildman–Crippen LogP) is 1.41. The van der Waals surface area contributed by atoms with Crippen LogP contribution in [-0.4, -0.2) is 35.5 Å². The van der Waals surface area contributed by atoms with Crippen molar-refractivity contribution in [2.24, 2.45) is 0 Å². The standard InChI is InChI=1S/C9H13ClN2OS/c1-11-5-7(13)6-14-9-8(10)3-2-4-12-9/h2-4,7,11,13H,5-6H2,1H3. The monoisotopic (exact) mass is 232 g/mol. The molecule has 0 aliphatic carbocycles. The fourth-order valence-corrected chi connectivity index (χ4v) is 2.04. The minimum atomic E-state index is -0.372. The van der Waals surface area contributed by atoms with Crippen molar-refractivity contribution in [1.82, 2.24) is 10.3 Å². The Hall–Kier alpha value is -0.290. The normalized spacial score (nSPS) is 12.8. The minimum absolute atomic E-state index is 0.372. The Bertz CT molecular complexity index is 285. The van der Waals surface area contributed by atoms with Gasteiger partial charge in [-0.05, 0) is 19.2 Å². The lowest BCUT2D eigenvalue weighted by Crippen LogP contribution is -2.25. The van der Waals surface area contributed by atoms with Crippen LogP contribution in [0.15, 0.2) is 23.4 Å². The maximum Gasteiger partial charge on any atom is 0.115 e. The van der Waals surface area contributed by atoms with Crippen LogP contribution >= 0.6 is 23.4 Å². The van der Waals surface area contributed by atoms with Crippen molar-refractivity contribution >= 4 is 23.4 Å². The van der Waals surface area contributed by atoms with Crippen molar-refractivity contribution in [3.8, 4) is 0 Å². The molecule has 0 bridgehead atoms. The summed E-state index contributed by atoms with van der Waals surface area (Å²) in [7, 11) is 1.81. The number of hydrogen-bond donors (Lipinski definition) is 2. The van der Waals surface area contributed by atoms with Gasteiger partial charge in [0.1, 0.15) is 5.03 Å². The molecule has 0 aliphatic heterocycles. The van der Waals surface area contributed by atoms with Crippen molar-refractivity contribution < 1.29 is 5.11 Å². The van der Waals surface area contributed by atoms with Crippen LogP contribution in [0.5, 0.6) is 0 Å². The van der Waals surface area contributed by atoms with Crippen molar-refractivity contribution in [3.05, 3.63) is 23.4 Å². The number of thioether (sulfide) groups is 1. The van der Waals surface area contributed by atoms with E-state index in [2.05, 4.69) is 10.3 Å². The van der Waals surface area contributed by atoms with Gasteiger partial charge in [-0.15, -0.1) is 11.8 Å². The van der Waals surface area contributed by atoms with E-state index >= 15 is 0 Å². The average Bonchev–Trinajstić information content (AvgIpc) is 2.17. The summed E-state index contributed by atoms with van der Waals surface area (Å²) >= 11 is 7.37. The average molecular weight is 233 g/mol. The van der Waals surface area contributed by atoms with Crippen LogP contribution in [-0.2, 0) is 0 Å². The quantitative estimate of drug-likeness (QED) is 0.754. The minimum Gasteiger partial charge on any atom is -0.391 e. The molecule has 1 atom stereocenters. The summed E-state index contributed by atoms with van der Waals surface area (Å²) in [5, 5.41) is 13.8. The van der Waals surface area contributed by atoms with E-state index in [4.69, 9.17) is 11.6 Å². The Labute approximate surface area is 92.9 Å². The second-order valence-corrected chi connectivity index (χ2v) is 4.23. The molecule has 5 heteroatoms. The van der Waals surface area contributed by atoms with Gasteiger partial charge in [-0.25, -0.2) is 4.98 Å². The lowest BCUT2D eigenvalue weighted by molar-refractivity contribution is 0.199. The molecule has 1 aromatic rings. The number of aromatic nitrogens is 1. The van der Waals surface area contributed by atoms with Gasteiger partial charge in [0, 0.05) is 18.5 Å². The third-order valence-corrected chi connectivity index (χ3v) is 3.14. The van der Waals surface area contributed by atoms with Gasteiger partial charge >= 0.3 is 0 Å². The zero-order chi connectivity index (χ0) is 10.4. The molecule has 0 aliphatic rings. The van der Waals surface area contributed by atoms with E-state index in [9.17, 15) is 5.11 Å². The summed E-state index contributed by atoms with van der Waals surface area (Å²) in [6.07, 6.45) is 1.32. The van der Waals surface area contributed by atoms with E-state index in [0.717, 1.165) is 5.03 Å². The molecule has 1 heterocycles. The first-order valence-corrected chi connectivity index (χ1v) is 5.66. The molecule has 0 aromatic carbocycles. The molecule has 1 unspecified atom stereocenters. The Kier molecular flexibility index (Phi) is 5.25. The number of aliphatic hydroxyl groups is 1. The molecule has 0 radical (unpaired) electrons. The summed E-state index contributed by atoms with van der Waals surface area (Å²) < 4.78 is 0. The molecule has 1 rings (SSSR count). The SMILES string of the molecule is CNCC(O)CSc1ncccc1Cl. The van der Waals surface area contributed by atoms with Crippen LogP contribution in [0.3, 0.4) is 0 Å². The molecule has 0 saturated heterocycles. The number of halogens is 1. The van der Waals surface area contributed by atoms with Gasteiger partial charge in [0.05, 0.1) is 11.1 Å². The van der Waals surface area contributed by atoms with Crippen LogP contribution < -0.4 is 5.32 Å². The first kappa shape index (κ1) is 11.8. The van der Waals surface area contributed by atoms with E-state index < -0.39 is 0 Å². The zero-order valence-corrected chi connectivity index (χ0v) is 9.48. The maximum atomic E-state index is 9.45. The highest BCUT2D eigenvalue weighted by molar-refractivity contribution is 7.99. The number of nitrogens with zero attached hydrogens (tertiary/aromatic N) is 1. The smallest absolute Gasteiger partial charge is 0.115 e. The summed E-state index contributed by atoms with van der Waals surface area (Å²) in [6.45, 7) is 0.581. The van der Waals surface area contributed by atoms with Gasteiger partial charge < -0.3 is 10.4 Å². The van der Waals surface area contributed by atoms with Crippen molar-refractivity contribution in [2.45, 2.75) is 11.1 Å². The van der Waals surface area contributed by atoms with Gasteiger partial charge in [-0.2, -0.15) is 0 Å². The molecule has 78 valence electrons. The first-order valence-electron chi connectivity index (χ1n) is 4.30. The van der Waals surface area contributed by atoms with E-state index in [-0.39, 0.29) is 6.10 Å². The molecule has 14 heavy (non-hydrogen) atoms. The maximum absolute atomic E-state index is 9.45. The molecular formula is C9H13ClN2OS. The number of hydrogen-bond acceptors (Lipinski definition) is 4. The fourth-order valence-electron chi connectivity index (χ4n) is 0.947. The summed E-state index contributed by atoms with van der Waals surface area (Å²) in [4.78, 5) is 4.11. The molecule has 1 aromatic heterocycles. The summed E-state index contributed by atoms with van der Waals surface area (Å²) in [5.41, 5.74) is 0. The third kappa shape index (κ3) is 3.84. The number of rotatable bonds is 5. The number of nitrogens with one attached hydrogen (secondary N) is 1. The zero-order valence-electron chi connectivity index (χ0n) is 7.90. The Morgan fingerprint density at radius 1 is 1.71 bits per heavy atom. The second-order valence-electron chi connectivity index (χ2n) is 2.81. The molecule has 0 amide bonds. The van der Waals surface area contributed by atoms with Crippen LogP contribution in [0.4, 0.5) is 0 Å². The van der Waals surface area contributed by atoms with Crippen LogP contribution in [0, 0.1) is 0 Å². The number of pyridine rings is 1. The topological polar surface area (TPSA) is 45.1 Å². The van der Waals surface area contributed by atoms with E-state index in [0.29, 0.717) is 17.3 Å². The largest absolute Gasteiger partial charge is 0.391 e. The van der Waals surface area contributed by atoms with Gasteiger partial charge in [-0.3, -0.25) is 0 Å². The Morgan fingerprint density at radius 3 is 3.14 bits per heavy atom. The predicted molar refractivity (Wildman–Crippen MR) is 59.9 cm³/mol. The highest BCUT2D eigenvalue weighted by Gasteiger charge is 2.06.